The quantitative estimate of drug-likeness (QED) is 0.543. The normalized spacial score (nSPS) is 23.2. The molecular formula is C6H14N2. The molecule has 1 rings (SSSR count). The van der Waals surface area contributed by atoms with Crippen LogP contribution in [0.5, 0.6) is 0 Å². The first-order valence-electron chi connectivity index (χ1n) is 3.21. The molecule has 0 aromatic heterocycles. The van der Waals surface area contributed by atoms with Crippen molar-refractivity contribution in [1.82, 2.24) is 4.90 Å². The number of likely N-dealkylation sites (tertiary alicyclic amines) is 1. The Labute approximate surface area is 50.7 Å². The first-order valence-corrected chi connectivity index (χ1v) is 3.21. The van der Waals surface area contributed by atoms with Crippen molar-refractivity contribution in [3.63, 3.8) is 0 Å². The molecule has 2 N–H and O–H groups in total. The Bertz CT molecular complexity index is 64.2. The van der Waals surface area contributed by atoms with E-state index in [-0.39, 0.29) is 0 Å². The van der Waals surface area contributed by atoms with Crippen molar-refractivity contribution in [2.45, 2.75) is 6.42 Å². The lowest BCUT2D eigenvalue weighted by molar-refractivity contribution is 0.129. The van der Waals surface area contributed by atoms with Crippen LogP contribution in [0.4, 0.5) is 0 Å². The third kappa shape index (κ3) is 1.20. The van der Waals surface area contributed by atoms with Gasteiger partial charge in [-0.3, -0.25) is 0 Å². The zero-order chi connectivity index (χ0) is 5.98. The van der Waals surface area contributed by atoms with E-state index in [1.807, 2.05) is 0 Å². The molecule has 0 spiro atoms. The highest BCUT2D eigenvalue weighted by atomic mass is 15.2. The van der Waals surface area contributed by atoms with Gasteiger partial charge in [0, 0.05) is 13.1 Å². The van der Waals surface area contributed by atoms with Crippen LogP contribution in [0.2, 0.25) is 0 Å². The predicted octanol–water partition coefficient (Wildman–Crippen LogP) is -0.103. The third-order valence-electron chi connectivity index (χ3n) is 1.71. The molecule has 0 aromatic rings. The minimum Gasteiger partial charge on any atom is -0.330 e. The van der Waals surface area contributed by atoms with E-state index in [4.69, 9.17) is 5.73 Å². The van der Waals surface area contributed by atoms with Crippen LogP contribution in [0.1, 0.15) is 6.42 Å². The number of hydrogen-bond donors (Lipinski definition) is 1. The Balaban J connectivity index is 1.98. The summed E-state index contributed by atoms with van der Waals surface area (Å²) in [6, 6.07) is 0. The second kappa shape index (κ2) is 2.46. The summed E-state index contributed by atoms with van der Waals surface area (Å²) < 4.78 is 0. The van der Waals surface area contributed by atoms with Crippen LogP contribution in [0.3, 0.4) is 0 Å². The van der Waals surface area contributed by atoms with Gasteiger partial charge >= 0.3 is 0 Å². The van der Waals surface area contributed by atoms with Gasteiger partial charge in [0.1, 0.15) is 0 Å². The Morgan fingerprint density at radius 2 is 2.25 bits per heavy atom. The Kier molecular flexibility index (Phi) is 1.86. The summed E-state index contributed by atoms with van der Waals surface area (Å²) in [7, 11) is 2.15. The lowest BCUT2D eigenvalue weighted by Gasteiger charge is -2.35. The van der Waals surface area contributed by atoms with E-state index in [0.717, 1.165) is 12.5 Å². The van der Waals surface area contributed by atoms with Gasteiger partial charge in [-0.1, -0.05) is 0 Å². The Morgan fingerprint density at radius 3 is 2.62 bits per heavy atom. The van der Waals surface area contributed by atoms with Crippen molar-refractivity contribution in [3.8, 4) is 0 Å². The molecule has 2 nitrogen and oxygen atoms in total. The highest BCUT2D eigenvalue weighted by molar-refractivity contribution is 4.76. The molecule has 1 fully saturated rings. The maximum Gasteiger partial charge on any atom is 0.00194 e. The van der Waals surface area contributed by atoms with Crippen LogP contribution in [0.15, 0.2) is 0 Å². The van der Waals surface area contributed by atoms with E-state index in [2.05, 4.69) is 11.9 Å². The summed E-state index contributed by atoms with van der Waals surface area (Å²) in [6.07, 6.45) is 1.21. The minimum absolute atomic E-state index is 0.860. The molecule has 48 valence electrons. The van der Waals surface area contributed by atoms with Crippen molar-refractivity contribution in [2.75, 3.05) is 26.7 Å². The summed E-state index contributed by atoms with van der Waals surface area (Å²) in [5, 5.41) is 0. The van der Waals surface area contributed by atoms with Gasteiger partial charge in [0.15, 0.2) is 0 Å². The number of nitrogens with zero attached hydrogens (tertiary/aromatic N) is 1. The summed E-state index contributed by atoms with van der Waals surface area (Å²) in [4.78, 5) is 2.32. The summed E-state index contributed by atoms with van der Waals surface area (Å²) >= 11 is 0. The zero-order valence-electron chi connectivity index (χ0n) is 5.43. The highest BCUT2D eigenvalue weighted by Gasteiger charge is 2.21. The summed E-state index contributed by atoms with van der Waals surface area (Å²) in [6.45, 7) is 3.38. The SMILES string of the molecule is CN1CC(CCN)C1. The Hall–Kier alpha value is -0.0800. The van der Waals surface area contributed by atoms with Crippen LogP contribution in [-0.4, -0.2) is 31.6 Å². The van der Waals surface area contributed by atoms with E-state index in [9.17, 15) is 0 Å². The maximum absolute atomic E-state index is 5.37. The van der Waals surface area contributed by atoms with Gasteiger partial charge < -0.3 is 10.6 Å². The first-order chi connectivity index (χ1) is 3.83. The lowest BCUT2D eigenvalue weighted by atomic mass is 9.98. The number of hydrogen-bond acceptors (Lipinski definition) is 2. The highest BCUT2D eigenvalue weighted by Crippen LogP contribution is 2.14. The maximum atomic E-state index is 5.37. The minimum atomic E-state index is 0.860. The predicted molar refractivity (Wildman–Crippen MR) is 34.7 cm³/mol. The molecule has 2 heteroatoms. The lowest BCUT2D eigenvalue weighted by Crippen LogP contribution is -2.44. The van der Waals surface area contributed by atoms with E-state index < -0.39 is 0 Å². The summed E-state index contributed by atoms with van der Waals surface area (Å²) in [5.74, 6) is 0.907. The number of rotatable bonds is 2. The second-order valence-corrected chi connectivity index (χ2v) is 2.66. The van der Waals surface area contributed by atoms with E-state index in [1.54, 1.807) is 0 Å². The van der Waals surface area contributed by atoms with Gasteiger partial charge in [0.2, 0.25) is 0 Å². The molecule has 0 amide bonds. The molecule has 0 aliphatic carbocycles. The monoisotopic (exact) mass is 114 g/mol. The average Bonchev–Trinajstić information content (AvgIpc) is 1.64. The van der Waals surface area contributed by atoms with Crippen molar-refractivity contribution >= 4 is 0 Å². The van der Waals surface area contributed by atoms with Crippen LogP contribution < -0.4 is 5.73 Å². The molecular weight excluding hydrogens is 100 g/mol. The van der Waals surface area contributed by atoms with Crippen molar-refractivity contribution < 1.29 is 0 Å². The first kappa shape index (κ1) is 6.05. The fourth-order valence-electron chi connectivity index (χ4n) is 1.25. The molecule has 0 saturated carbocycles. The largest absolute Gasteiger partial charge is 0.330 e. The van der Waals surface area contributed by atoms with Crippen molar-refractivity contribution in [3.05, 3.63) is 0 Å². The molecule has 8 heavy (non-hydrogen) atoms. The standard InChI is InChI=1S/C6H14N2/c1-8-4-6(5-8)2-3-7/h6H,2-5,7H2,1H3. The molecule has 1 heterocycles. The Morgan fingerprint density at radius 1 is 1.62 bits per heavy atom. The van der Waals surface area contributed by atoms with Crippen LogP contribution in [0, 0.1) is 5.92 Å². The van der Waals surface area contributed by atoms with Gasteiger partial charge in [0.05, 0.1) is 0 Å². The van der Waals surface area contributed by atoms with Gasteiger partial charge in [0.25, 0.3) is 0 Å². The van der Waals surface area contributed by atoms with E-state index >= 15 is 0 Å². The van der Waals surface area contributed by atoms with Crippen molar-refractivity contribution in [1.29, 1.82) is 0 Å². The van der Waals surface area contributed by atoms with E-state index in [0.29, 0.717) is 0 Å². The van der Waals surface area contributed by atoms with Gasteiger partial charge in [-0.2, -0.15) is 0 Å². The van der Waals surface area contributed by atoms with Gasteiger partial charge in [-0.05, 0) is 25.9 Å². The van der Waals surface area contributed by atoms with Crippen LogP contribution >= 0.6 is 0 Å². The van der Waals surface area contributed by atoms with Crippen LogP contribution in [-0.2, 0) is 0 Å². The zero-order valence-corrected chi connectivity index (χ0v) is 5.43. The molecule has 1 aliphatic heterocycles. The molecule has 0 radical (unpaired) electrons. The molecule has 1 aliphatic rings. The average molecular weight is 114 g/mol. The fourth-order valence-corrected chi connectivity index (χ4v) is 1.25. The second-order valence-electron chi connectivity index (χ2n) is 2.66. The number of nitrogens with two attached hydrogens (primary N) is 1. The van der Waals surface area contributed by atoms with E-state index in [1.165, 1.54) is 19.5 Å². The smallest absolute Gasteiger partial charge is 0.00194 e. The molecule has 0 unspecified atom stereocenters. The molecule has 0 aromatic carbocycles. The fraction of sp³-hybridized carbons (Fsp3) is 1.00. The van der Waals surface area contributed by atoms with Gasteiger partial charge in [-0.15, -0.1) is 0 Å². The molecule has 0 atom stereocenters. The van der Waals surface area contributed by atoms with Crippen LogP contribution in [0.25, 0.3) is 0 Å². The molecule has 1 saturated heterocycles. The summed E-state index contributed by atoms with van der Waals surface area (Å²) in [5.41, 5.74) is 5.37. The van der Waals surface area contributed by atoms with Gasteiger partial charge in [-0.25, -0.2) is 0 Å². The molecule has 0 bridgehead atoms. The third-order valence-corrected chi connectivity index (χ3v) is 1.71. The topological polar surface area (TPSA) is 29.3 Å². The van der Waals surface area contributed by atoms with Crippen molar-refractivity contribution in [2.24, 2.45) is 11.7 Å².